The first-order valence-electron chi connectivity index (χ1n) is 7.97. The van der Waals surface area contributed by atoms with Crippen molar-refractivity contribution in [2.24, 2.45) is 5.11 Å². The van der Waals surface area contributed by atoms with Gasteiger partial charge in [0.1, 0.15) is 6.61 Å². The molecule has 2 aromatic carbocycles. The number of hydrogen-bond donors (Lipinski definition) is 0. The highest BCUT2D eigenvalue weighted by molar-refractivity contribution is 5.98. The number of hydrogen-bond acceptors (Lipinski definition) is 4. The Bertz CT molecular complexity index is 817. The fourth-order valence-electron chi connectivity index (χ4n) is 2.79. The lowest BCUT2D eigenvalue weighted by atomic mass is 10.2. The zero-order valence-corrected chi connectivity index (χ0v) is 13.9. The number of carbonyl (C=O) groups is 1. The summed E-state index contributed by atoms with van der Waals surface area (Å²) in [4.78, 5) is 16.5. The van der Waals surface area contributed by atoms with E-state index in [-0.39, 0.29) is 5.91 Å². The van der Waals surface area contributed by atoms with E-state index in [1.807, 2.05) is 30.3 Å². The van der Waals surface area contributed by atoms with Crippen LogP contribution in [0.2, 0.25) is 0 Å². The molecule has 7 heteroatoms. The first kappa shape index (κ1) is 16.7. The van der Waals surface area contributed by atoms with E-state index in [9.17, 15) is 4.79 Å². The molecule has 3 rings (SSSR count). The molecule has 0 bridgehead atoms. The third-order valence-corrected chi connectivity index (χ3v) is 4.01. The standard InChI is InChI=1S/C18H18N4O3/c1-24-16-11-15(22-9-5-8-18(22)23)14(20-21-19)10-17(16)25-12-13-6-3-2-4-7-13/h2-4,6-7,10-11H,5,8-9,12H2,1H3. The molecule has 0 spiro atoms. The van der Waals surface area contributed by atoms with Crippen LogP contribution >= 0.6 is 0 Å². The van der Waals surface area contributed by atoms with Crippen molar-refractivity contribution < 1.29 is 14.3 Å². The van der Waals surface area contributed by atoms with E-state index >= 15 is 0 Å². The largest absolute Gasteiger partial charge is 0.493 e. The predicted molar refractivity (Wildman–Crippen MR) is 94.2 cm³/mol. The number of rotatable bonds is 6. The van der Waals surface area contributed by atoms with E-state index in [2.05, 4.69) is 10.0 Å². The van der Waals surface area contributed by atoms with Crippen LogP contribution in [-0.4, -0.2) is 19.6 Å². The number of methoxy groups -OCH3 is 1. The van der Waals surface area contributed by atoms with E-state index < -0.39 is 0 Å². The molecule has 1 aliphatic rings. The first-order chi connectivity index (χ1) is 12.2. The van der Waals surface area contributed by atoms with Crippen LogP contribution in [-0.2, 0) is 11.4 Å². The van der Waals surface area contributed by atoms with Crippen LogP contribution in [0.5, 0.6) is 11.5 Å². The summed E-state index contributed by atoms with van der Waals surface area (Å²) in [6.07, 6.45) is 1.27. The smallest absolute Gasteiger partial charge is 0.227 e. The van der Waals surface area contributed by atoms with Crippen molar-refractivity contribution in [3.05, 3.63) is 58.5 Å². The van der Waals surface area contributed by atoms with Gasteiger partial charge in [0.2, 0.25) is 5.91 Å². The highest BCUT2D eigenvalue weighted by atomic mass is 16.5. The summed E-state index contributed by atoms with van der Waals surface area (Å²) in [5.74, 6) is 0.959. The molecule has 1 saturated heterocycles. The molecule has 25 heavy (non-hydrogen) atoms. The van der Waals surface area contributed by atoms with Crippen LogP contribution in [0.1, 0.15) is 18.4 Å². The minimum atomic E-state index is 0.00870. The number of amides is 1. The summed E-state index contributed by atoms with van der Waals surface area (Å²) < 4.78 is 11.2. The molecule has 7 nitrogen and oxygen atoms in total. The summed E-state index contributed by atoms with van der Waals surface area (Å²) in [7, 11) is 1.54. The maximum absolute atomic E-state index is 12.0. The van der Waals surface area contributed by atoms with E-state index in [4.69, 9.17) is 15.0 Å². The van der Waals surface area contributed by atoms with Crippen LogP contribution in [0, 0.1) is 0 Å². The Morgan fingerprint density at radius 1 is 1.24 bits per heavy atom. The normalized spacial score (nSPS) is 13.5. The Morgan fingerprint density at radius 3 is 2.68 bits per heavy atom. The van der Waals surface area contributed by atoms with Crippen molar-refractivity contribution in [2.45, 2.75) is 19.4 Å². The summed E-state index contributed by atoms with van der Waals surface area (Å²) in [5.41, 5.74) is 10.8. The van der Waals surface area contributed by atoms with Gasteiger partial charge in [-0.05, 0) is 23.6 Å². The number of ether oxygens (including phenoxy) is 2. The van der Waals surface area contributed by atoms with Crippen molar-refractivity contribution in [2.75, 3.05) is 18.6 Å². The first-order valence-corrected chi connectivity index (χ1v) is 7.97. The van der Waals surface area contributed by atoms with Gasteiger partial charge in [0.15, 0.2) is 11.5 Å². The maximum atomic E-state index is 12.0. The second-order valence-corrected chi connectivity index (χ2v) is 5.60. The van der Waals surface area contributed by atoms with Crippen molar-refractivity contribution in [3.8, 4) is 11.5 Å². The van der Waals surface area contributed by atoms with E-state index in [0.717, 1.165) is 12.0 Å². The van der Waals surface area contributed by atoms with E-state index in [0.29, 0.717) is 42.4 Å². The molecule has 0 saturated carbocycles. The second kappa shape index (κ2) is 7.59. The van der Waals surface area contributed by atoms with Gasteiger partial charge >= 0.3 is 0 Å². The molecule has 1 heterocycles. The van der Waals surface area contributed by atoms with Crippen molar-refractivity contribution >= 4 is 17.3 Å². The van der Waals surface area contributed by atoms with Gasteiger partial charge in [-0.15, -0.1) is 0 Å². The second-order valence-electron chi connectivity index (χ2n) is 5.60. The Morgan fingerprint density at radius 2 is 2.04 bits per heavy atom. The fourth-order valence-corrected chi connectivity index (χ4v) is 2.79. The molecule has 2 aromatic rings. The minimum absolute atomic E-state index is 0.00870. The number of azide groups is 1. The number of anilines is 1. The third kappa shape index (κ3) is 3.67. The third-order valence-electron chi connectivity index (χ3n) is 4.01. The Hall–Kier alpha value is -3.18. The lowest BCUT2D eigenvalue weighted by molar-refractivity contribution is -0.117. The maximum Gasteiger partial charge on any atom is 0.227 e. The SMILES string of the molecule is COc1cc(N2CCCC2=O)c(N=[N+]=[N-])cc1OCc1ccccc1. The average molecular weight is 338 g/mol. The van der Waals surface area contributed by atoms with Gasteiger partial charge in [0, 0.05) is 23.9 Å². The zero-order chi connectivity index (χ0) is 17.6. The van der Waals surface area contributed by atoms with E-state index in [1.54, 1.807) is 17.0 Å². The number of nitrogens with zero attached hydrogens (tertiary/aromatic N) is 4. The van der Waals surface area contributed by atoms with E-state index in [1.165, 1.54) is 7.11 Å². The molecule has 1 fully saturated rings. The Kier molecular flexibility index (Phi) is 5.06. The van der Waals surface area contributed by atoms with Crippen LogP contribution in [0.15, 0.2) is 47.6 Å². The molecule has 0 atom stereocenters. The molecule has 0 aliphatic carbocycles. The molecule has 0 unspecified atom stereocenters. The molecular formula is C18H18N4O3. The Labute approximate surface area is 145 Å². The number of benzene rings is 2. The van der Waals surface area contributed by atoms with Crippen molar-refractivity contribution in [3.63, 3.8) is 0 Å². The predicted octanol–water partition coefficient (Wildman–Crippen LogP) is 4.34. The van der Waals surface area contributed by atoms with Gasteiger partial charge < -0.3 is 14.4 Å². The highest BCUT2D eigenvalue weighted by Crippen LogP contribution is 2.41. The van der Waals surface area contributed by atoms with Gasteiger partial charge in [-0.2, -0.15) is 0 Å². The van der Waals surface area contributed by atoms with Gasteiger partial charge in [0.25, 0.3) is 0 Å². The van der Waals surface area contributed by atoms with Crippen LogP contribution in [0.3, 0.4) is 0 Å². The molecule has 1 aliphatic heterocycles. The van der Waals surface area contributed by atoms with Gasteiger partial charge in [0.05, 0.1) is 18.5 Å². The van der Waals surface area contributed by atoms with Crippen LogP contribution in [0.25, 0.3) is 10.4 Å². The van der Waals surface area contributed by atoms with Gasteiger partial charge in [-0.1, -0.05) is 35.4 Å². The monoisotopic (exact) mass is 338 g/mol. The van der Waals surface area contributed by atoms with Crippen molar-refractivity contribution in [1.82, 2.24) is 0 Å². The molecule has 0 N–H and O–H groups in total. The lowest BCUT2D eigenvalue weighted by Crippen LogP contribution is -2.23. The summed E-state index contributed by atoms with van der Waals surface area (Å²) in [5, 5.41) is 3.73. The topological polar surface area (TPSA) is 87.5 Å². The fraction of sp³-hybridized carbons (Fsp3) is 0.278. The van der Waals surface area contributed by atoms with Gasteiger partial charge in [-0.25, -0.2) is 0 Å². The average Bonchev–Trinajstić information content (AvgIpc) is 3.07. The lowest BCUT2D eigenvalue weighted by Gasteiger charge is -2.20. The molecule has 1 amide bonds. The van der Waals surface area contributed by atoms with Crippen molar-refractivity contribution in [1.29, 1.82) is 0 Å². The minimum Gasteiger partial charge on any atom is -0.493 e. The zero-order valence-electron chi connectivity index (χ0n) is 13.9. The molecule has 0 aromatic heterocycles. The summed E-state index contributed by atoms with van der Waals surface area (Å²) in [6, 6.07) is 13.0. The summed E-state index contributed by atoms with van der Waals surface area (Å²) >= 11 is 0. The quantitative estimate of drug-likeness (QED) is 0.446. The Balaban J connectivity index is 1.94. The molecule has 0 radical (unpaired) electrons. The highest BCUT2D eigenvalue weighted by Gasteiger charge is 2.25. The van der Waals surface area contributed by atoms with Crippen LogP contribution < -0.4 is 14.4 Å². The molecular weight excluding hydrogens is 320 g/mol. The number of carbonyl (C=O) groups excluding carboxylic acids is 1. The summed E-state index contributed by atoms with van der Waals surface area (Å²) in [6.45, 7) is 0.953. The van der Waals surface area contributed by atoms with Crippen LogP contribution in [0.4, 0.5) is 11.4 Å². The molecule has 128 valence electrons. The van der Waals surface area contributed by atoms with Gasteiger partial charge in [-0.3, -0.25) is 4.79 Å².